The van der Waals surface area contributed by atoms with Gasteiger partial charge in [-0.25, -0.2) is 5.48 Å². The van der Waals surface area contributed by atoms with E-state index < -0.39 is 5.91 Å². The largest absolute Gasteiger partial charge is 0.289 e. The van der Waals surface area contributed by atoms with E-state index in [2.05, 4.69) is 11.8 Å². The molecule has 0 aliphatic heterocycles. The number of hydroxylamine groups is 1. The third-order valence-electron chi connectivity index (χ3n) is 1.38. The van der Waals surface area contributed by atoms with E-state index in [1.807, 2.05) is 30.3 Å². The van der Waals surface area contributed by atoms with E-state index in [0.29, 0.717) is 0 Å². The highest BCUT2D eigenvalue weighted by atomic mass is 16.5. The summed E-state index contributed by atoms with van der Waals surface area (Å²) in [7, 11) is 0. The van der Waals surface area contributed by atoms with Crippen LogP contribution in [0.15, 0.2) is 30.3 Å². The zero-order chi connectivity index (χ0) is 9.52. The zero-order valence-electron chi connectivity index (χ0n) is 6.95. The second kappa shape index (κ2) is 4.96. The van der Waals surface area contributed by atoms with Gasteiger partial charge in [0.2, 0.25) is 0 Å². The van der Waals surface area contributed by atoms with E-state index in [-0.39, 0.29) is 6.42 Å². The SMILES string of the molecule is O=C(CC#Cc1ccccc1)NO. The van der Waals surface area contributed by atoms with Crippen molar-refractivity contribution in [2.45, 2.75) is 6.42 Å². The number of hydrogen-bond donors (Lipinski definition) is 2. The Hall–Kier alpha value is -1.79. The van der Waals surface area contributed by atoms with Gasteiger partial charge in [0.05, 0.1) is 6.42 Å². The third kappa shape index (κ3) is 3.41. The highest BCUT2D eigenvalue weighted by Gasteiger charge is 1.91. The van der Waals surface area contributed by atoms with Crippen molar-refractivity contribution in [3.63, 3.8) is 0 Å². The van der Waals surface area contributed by atoms with Gasteiger partial charge in [-0.2, -0.15) is 0 Å². The van der Waals surface area contributed by atoms with Crippen molar-refractivity contribution in [3.8, 4) is 11.8 Å². The van der Waals surface area contributed by atoms with E-state index in [9.17, 15) is 4.79 Å². The molecule has 0 aliphatic rings. The first-order chi connectivity index (χ1) is 6.33. The normalized spacial score (nSPS) is 8.38. The Balaban J connectivity index is 2.54. The van der Waals surface area contributed by atoms with Crippen molar-refractivity contribution in [1.29, 1.82) is 0 Å². The summed E-state index contributed by atoms with van der Waals surface area (Å²) >= 11 is 0. The van der Waals surface area contributed by atoms with Crippen molar-refractivity contribution in [1.82, 2.24) is 5.48 Å². The van der Waals surface area contributed by atoms with Gasteiger partial charge in [0.25, 0.3) is 5.91 Å². The molecule has 0 saturated carbocycles. The van der Waals surface area contributed by atoms with Crippen LogP contribution in [0.4, 0.5) is 0 Å². The minimum absolute atomic E-state index is 0.00535. The Labute approximate surface area is 76.4 Å². The van der Waals surface area contributed by atoms with Gasteiger partial charge in [-0.3, -0.25) is 10.0 Å². The fourth-order valence-electron chi connectivity index (χ4n) is 0.788. The van der Waals surface area contributed by atoms with Crippen LogP contribution in [0.2, 0.25) is 0 Å². The number of hydrogen-bond acceptors (Lipinski definition) is 2. The first-order valence-corrected chi connectivity index (χ1v) is 3.80. The molecule has 0 radical (unpaired) electrons. The molecule has 0 atom stereocenters. The number of carbonyl (C=O) groups is 1. The van der Waals surface area contributed by atoms with E-state index in [0.717, 1.165) is 5.56 Å². The van der Waals surface area contributed by atoms with Crippen molar-refractivity contribution < 1.29 is 10.0 Å². The van der Waals surface area contributed by atoms with Crippen LogP contribution >= 0.6 is 0 Å². The standard InChI is InChI=1S/C10H9NO2/c12-10(11-13)8-4-7-9-5-2-1-3-6-9/h1-3,5-6,13H,8H2,(H,11,12). The first kappa shape index (κ1) is 9.30. The molecule has 0 unspecified atom stereocenters. The van der Waals surface area contributed by atoms with Crippen molar-refractivity contribution in [2.24, 2.45) is 0 Å². The molecule has 0 bridgehead atoms. The van der Waals surface area contributed by atoms with Gasteiger partial charge < -0.3 is 0 Å². The molecule has 13 heavy (non-hydrogen) atoms. The smallest absolute Gasteiger partial charge is 0.255 e. The van der Waals surface area contributed by atoms with Crippen LogP contribution in [0.1, 0.15) is 12.0 Å². The molecule has 0 fully saturated rings. The quantitative estimate of drug-likeness (QED) is 0.379. The van der Waals surface area contributed by atoms with Gasteiger partial charge in [-0.1, -0.05) is 30.0 Å². The lowest BCUT2D eigenvalue weighted by Crippen LogP contribution is -2.17. The number of nitrogens with one attached hydrogen (secondary N) is 1. The predicted molar refractivity (Wildman–Crippen MR) is 47.9 cm³/mol. The van der Waals surface area contributed by atoms with Gasteiger partial charge in [-0.05, 0) is 12.1 Å². The summed E-state index contributed by atoms with van der Waals surface area (Å²) in [6, 6.07) is 9.34. The Morgan fingerprint density at radius 2 is 2.08 bits per heavy atom. The molecule has 1 rings (SSSR count). The van der Waals surface area contributed by atoms with Crippen molar-refractivity contribution in [2.75, 3.05) is 0 Å². The summed E-state index contributed by atoms with van der Waals surface area (Å²) in [5.74, 6) is 4.92. The first-order valence-electron chi connectivity index (χ1n) is 3.80. The lowest BCUT2D eigenvalue weighted by molar-refractivity contribution is -0.128. The topological polar surface area (TPSA) is 49.3 Å². The van der Waals surface area contributed by atoms with Crippen molar-refractivity contribution in [3.05, 3.63) is 35.9 Å². The number of carbonyl (C=O) groups excluding carboxylic acids is 1. The molecular formula is C10H9NO2. The van der Waals surface area contributed by atoms with Crippen LogP contribution in [0.25, 0.3) is 0 Å². The molecule has 3 nitrogen and oxygen atoms in total. The monoisotopic (exact) mass is 175 g/mol. The van der Waals surface area contributed by atoms with Crippen LogP contribution in [-0.4, -0.2) is 11.1 Å². The molecule has 1 aromatic rings. The molecule has 0 saturated heterocycles. The zero-order valence-corrected chi connectivity index (χ0v) is 6.95. The molecule has 1 aromatic carbocycles. The molecule has 0 spiro atoms. The van der Waals surface area contributed by atoms with E-state index in [4.69, 9.17) is 5.21 Å². The van der Waals surface area contributed by atoms with Crippen LogP contribution in [0, 0.1) is 11.8 Å². The minimum Gasteiger partial charge on any atom is -0.289 e. The molecule has 3 heteroatoms. The summed E-state index contributed by atoms with van der Waals surface area (Å²) in [6.45, 7) is 0. The highest BCUT2D eigenvalue weighted by molar-refractivity contribution is 5.77. The van der Waals surface area contributed by atoms with Crippen LogP contribution in [-0.2, 0) is 4.79 Å². The van der Waals surface area contributed by atoms with Gasteiger partial charge in [0.15, 0.2) is 0 Å². The lowest BCUT2D eigenvalue weighted by atomic mass is 10.2. The van der Waals surface area contributed by atoms with Gasteiger partial charge in [-0.15, -0.1) is 0 Å². The Bertz CT molecular complexity index is 335. The fraction of sp³-hybridized carbons (Fsp3) is 0.100. The average molecular weight is 175 g/mol. The van der Waals surface area contributed by atoms with Gasteiger partial charge in [0, 0.05) is 5.56 Å². The maximum Gasteiger partial charge on any atom is 0.255 e. The number of benzene rings is 1. The van der Waals surface area contributed by atoms with E-state index in [1.54, 1.807) is 0 Å². The molecule has 0 aliphatic carbocycles. The van der Waals surface area contributed by atoms with Gasteiger partial charge in [0.1, 0.15) is 0 Å². The van der Waals surface area contributed by atoms with Crippen molar-refractivity contribution >= 4 is 5.91 Å². The van der Waals surface area contributed by atoms with Crippen LogP contribution in [0.5, 0.6) is 0 Å². The molecule has 0 aromatic heterocycles. The average Bonchev–Trinajstić information content (AvgIpc) is 2.19. The van der Waals surface area contributed by atoms with Crippen LogP contribution < -0.4 is 5.48 Å². The number of amides is 1. The molecule has 2 N–H and O–H groups in total. The summed E-state index contributed by atoms with van der Waals surface area (Å²) in [5.41, 5.74) is 2.36. The molecule has 0 heterocycles. The molecule has 66 valence electrons. The molecular weight excluding hydrogens is 166 g/mol. The maximum absolute atomic E-state index is 10.5. The summed E-state index contributed by atoms with van der Waals surface area (Å²) in [4.78, 5) is 10.5. The van der Waals surface area contributed by atoms with E-state index in [1.165, 1.54) is 5.48 Å². The third-order valence-corrected chi connectivity index (χ3v) is 1.38. The maximum atomic E-state index is 10.5. The Kier molecular flexibility index (Phi) is 3.55. The second-order valence-corrected chi connectivity index (χ2v) is 2.38. The predicted octanol–water partition coefficient (Wildman–Crippen LogP) is 0.934. The van der Waals surface area contributed by atoms with E-state index >= 15 is 0 Å². The van der Waals surface area contributed by atoms with Gasteiger partial charge >= 0.3 is 0 Å². The summed E-state index contributed by atoms with van der Waals surface area (Å²) in [5, 5.41) is 8.16. The highest BCUT2D eigenvalue weighted by Crippen LogP contribution is 1.94. The minimum atomic E-state index is -0.497. The number of rotatable bonds is 1. The summed E-state index contributed by atoms with van der Waals surface area (Å²) in [6.07, 6.45) is 0.00535. The lowest BCUT2D eigenvalue weighted by Gasteiger charge is -1.88. The summed E-state index contributed by atoms with van der Waals surface area (Å²) < 4.78 is 0. The Morgan fingerprint density at radius 3 is 2.69 bits per heavy atom. The fourth-order valence-corrected chi connectivity index (χ4v) is 0.788. The molecule has 1 amide bonds. The van der Waals surface area contributed by atoms with Crippen LogP contribution in [0.3, 0.4) is 0 Å². The Morgan fingerprint density at radius 1 is 1.38 bits per heavy atom. The second-order valence-electron chi connectivity index (χ2n) is 2.38.